The number of aromatic nitrogens is 4. The highest BCUT2D eigenvalue weighted by Crippen LogP contribution is 2.43. The van der Waals surface area contributed by atoms with Crippen LogP contribution in [0.15, 0.2) is 203 Å². The highest BCUT2D eigenvalue weighted by Gasteiger charge is 2.21. The number of fused-ring (bicyclic) bond motifs is 12. The fraction of sp³-hybridized carbons (Fsp3) is 0. The van der Waals surface area contributed by atoms with Crippen LogP contribution in [0.3, 0.4) is 0 Å². The zero-order chi connectivity index (χ0) is 41.9. The van der Waals surface area contributed by atoms with E-state index in [1.165, 1.54) is 42.0 Å². The van der Waals surface area contributed by atoms with Crippen LogP contribution in [0.4, 0.5) is 0 Å². The third-order valence-corrected chi connectivity index (χ3v) is 13.8. The Morgan fingerprint density at radius 2 is 0.984 bits per heavy atom. The summed E-state index contributed by atoms with van der Waals surface area (Å²) in [4.78, 5) is 15.4. The molecular formula is C57H32N4O2S. The van der Waals surface area contributed by atoms with Gasteiger partial charge >= 0.3 is 0 Å². The second-order valence-electron chi connectivity index (χ2n) is 16.3. The lowest BCUT2D eigenvalue weighted by molar-refractivity contribution is 0.668. The molecule has 9 aromatic carbocycles. The quantitative estimate of drug-likeness (QED) is 0.173. The van der Waals surface area contributed by atoms with Crippen molar-refractivity contribution in [1.82, 2.24) is 19.5 Å². The second kappa shape index (κ2) is 13.6. The molecule has 0 saturated heterocycles. The standard InChI is InChI=1S/C57H32N4O2S/c1-3-12-33(13-4-1)55-58-56(36-22-25-39-38-16-7-9-19-48(38)63-51(39)30-36)60-57(59-55)41-18-11-20-50-54(41)45-29-35(24-27-49(45)62-50)34-23-26-46-42(28-34)43-32-53-44(40-17-8-10-21-52(40)64-53)31-47(43)61(46)37-14-5-2-6-15-37/h1-32H. The zero-order valence-corrected chi connectivity index (χ0v) is 34.8. The molecule has 14 rings (SSSR count). The van der Waals surface area contributed by atoms with Gasteiger partial charge in [-0.2, -0.15) is 0 Å². The first-order valence-corrected chi connectivity index (χ1v) is 22.1. The predicted octanol–water partition coefficient (Wildman–Crippen LogP) is 15.8. The predicted molar refractivity (Wildman–Crippen MR) is 263 cm³/mol. The number of para-hydroxylation sites is 2. The third-order valence-electron chi connectivity index (χ3n) is 12.7. The largest absolute Gasteiger partial charge is 0.456 e. The van der Waals surface area contributed by atoms with Crippen LogP contribution in [-0.2, 0) is 0 Å². The molecular weight excluding hydrogens is 805 g/mol. The van der Waals surface area contributed by atoms with E-state index in [0.717, 1.165) is 77.4 Å². The summed E-state index contributed by atoms with van der Waals surface area (Å²) in [6, 6.07) is 68.0. The minimum atomic E-state index is 0.563. The van der Waals surface area contributed by atoms with Crippen LogP contribution in [0.2, 0.25) is 0 Å². The molecule has 0 aliphatic carbocycles. The molecule has 298 valence electrons. The Balaban J connectivity index is 0.951. The van der Waals surface area contributed by atoms with Gasteiger partial charge in [-0.1, -0.05) is 115 Å². The number of thiophene rings is 1. The molecule has 14 aromatic rings. The summed E-state index contributed by atoms with van der Waals surface area (Å²) >= 11 is 1.86. The van der Waals surface area contributed by atoms with Crippen LogP contribution in [0.1, 0.15) is 0 Å². The van der Waals surface area contributed by atoms with Gasteiger partial charge in [-0.3, -0.25) is 0 Å². The normalized spacial score (nSPS) is 12.1. The molecule has 0 fully saturated rings. The van der Waals surface area contributed by atoms with Gasteiger partial charge in [0.2, 0.25) is 0 Å². The van der Waals surface area contributed by atoms with Crippen molar-refractivity contribution in [3.05, 3.63) is 194 Å². The van der Waals surface area contributed by atoms with E-state index < -0.39 is 0 Å². The van der Waals surface area contributed by atoms with Crippen molar-refractivity contribution < 1.29 is 8.83 Å². The van der Waals surface area contributed by atoms with Crippen LogP contribution < -0.4 is 0 Å². The summed E-state index contributed by atoms with van der Waals surface area (Å²) in [6.45, 7) is 0. The minimum absolute atomic E-state index is 0.563. The molecule has 5 heterocycles. The Labute approximate surface area is 368 Å². The van der Waals surface area contributed by atoms with Crippen LogP contribution in [0, 0.1) is 0 Å². The Bertz CT molecular complexity index is 4200. The van der Waals surface area contributed by atoms with E-state index in [9.17, 15) is 0 Å². The summed E-state index contributed by atoms with van der Waals surface area (Å²) in [5, 5.41) is 9.11. The number of rotatable bonds is 5. The van der Waals surface area contributed by atoms with Crippen molar-refractivity contribution in [2.45, 2.75) is 0 Å². The number of hydrogen-bond donors (Lipinski definition) is 0. The lowest BCUT2D eigenvalue weighted by Crippen LogP contribution is -2.00. The molecule has 0 unspecified atom stereocenters. The molecule has 0 radical (unpaired) electrons. The van der Waals surface area contributed by atoms with Crippen LogP contribution in [0.25, 0.3) is 137 Å². The van der Waals surface area contributed by atoms with Gasteiger partial charge in [0.05, 0.1) is 11.0 Å². The molecule has 0 atom stereocenters. The molecule has 0 bridgehead atoms. The van der Waals surface area contributed by atoms with E-state index in [-0.39, 0.29) is 0 Å². The number of nitrogens with zero attached hydrogens (tertiary/aromatic N) is 4. The maximum Gasteiger partial charge on any atom is 0.164 e. The third kappa shape index (κ3) is 5.35. The van der Waals surface area contributed by atoms with Gasteiger partial charge in [0.1, 0.15) is 22.3 Å². The topological polar surface area (TPSA) is 69.9 Å². The van der Waals surface area contributed by atoms with E-state index >= 15 is 0 Å². The summed E-state index contributed by atoms with van der Waals surface area (Å²) < 4.78 is 17.9. The molecule has 0 aliphatic heterocycles. The molecule has 7 heteroatoms. The first-order chi connectivity index (χ1) is 31.7. The Morgan fingerprint density at radius 3 is 1.86 bits per heavy atom. The van der Waals surface area contributed by atoms with Crippen LogP contribution in [-0.4, -0.2) is 19.5 Å². The molecule has 6 nitrogen and oxygen atoms in total. The molecule has 5 aromatic heterocycles. The van der Waals surface area contributed by atoms with E-state index in [0.29, 0.717) is 17.5 Å². The van der Waals surface area contributed by atoms with Gasteiger partial charge in [-0.05, 0) is 90.0 Å². The van der Waals surface area contributed by atoms with Crippen LogP contribution in [0.5, 0.6) is 0 Å². The fourth-order valence-electron chi connectivity index (χ4n) is 9.67. The Kier molecular flexibility index (Phi) is 7.46. The van der Waals surface area contributed by atoms with Gasteiger partial charge in [-0.15, -0.1) is 11.3 Å². The summed E-state index contributed by atoms with van der Waals surface area (Å²) in [5.41, 5.74) is 11.5. The lowest BCUT2D eigenvalue weighted by Gasteiger charge is -2.09. The molecule has 0 spiro atoms. The van der Waals surface area contributed by atoms with E-state index in [1.807, 2.05) is 78.1 Å². The van der Waals surface area contributed by atoms with Crippen LogP contribution >= 0.6 is 11.3 Å². The number of benzene rings is 9. The number of hydrogen-bond acceptors (Lipinski definition) is 6. The van der Waals surface area contributed by atoms with Gasteiger partial charge in [0, 0.05) is 74.9 Å². The zero-order valence-electron chi connectivity index (χ0n) is 34.0. The molecule has 0 aliphatic rings. The van der Waals surface area contributed by atoms with E-state index in [2.05, 4.69) is 132 Å². The monoisotopic (exact) mass is 836 g/mol. The first kappa shape index (κ1) is 35.2. The molecule has 0 saturated carbocycles. The lowest BCUT2D eigenvalue weighted by atomic mass is 9.99. The van der Waals surface area contributed by atoms with E-state index in [4.69, 9.17) is 23.8 Å². The SMILES string of the molecule is c1ccc(-c2nc(-c3ccc4c(c3)oc3ccccc34)nc(-c3cccc4oc5ccc(-c6ccc7c(c6)c6cc8sc9ccccc9c8cc6n7-c6ccccc6)cc5c34)n2)cc1. The van der Waals surface area contributed by atoms with Crippen molar-refractivity contribution in [1.29, 1.82) is 0 Å². The smallest absolute Gasteiger partial charge is 0.164 e. The summed E-state index contributed by atoms with van der Waals surface area (Å²) in [5.74, 6) is 1.72. The van der Waals surface area contributed by atoms with Crippen molar-refractivity contribution in [2.75, 3.05) is 0 Å². The maximum atomic E-state index is 6.57. The highest BCUT2D eigenvalue weighted by molar-refractivity contribution is 7.25. The molecule has 64 heavy (non-hydrogen) atoms. The first-order valence-electron chi connectivity index (χ1n) is 21.3. The number of furan rings is 2. The maximum absolute atomic E-state index is 6.57. The average Bonchev–Trinajstić information content (AvgIpc) is 4.11. The average molecular weight is 837 g/mol. The van der Waals surface area contributed by atoms with Gasteiger partial charge < -0.3 is 13.4 Å². The second-order valence-corrected chi connectivity index (χ2v) is 17.4. The minimum Gasteiger partial charge on any atom is -0.456 e. The Morgan fingerprint density at radius 1 is 0.344 bits per heavy atom. The van der Waals surface area contributed by atoms with Gasteiger partial charge in [0.25, 0.3) is 0 Å². The van der Waals surface area contributed by atoms with Crippen molar-refractivity contribution >= 4 is 97.2 Å². The fourth-order valence-corrected chi connectivity index (χ4v) is 10.8. The van der Waals surface area contributed by atoms with Crippen molar-refractivity contribution in [2.24, 2.45) is 0 Å². The molecule has 0 amide bonds. The summed E-state index contributed by atoms with van der Waals surface area (Å²) in [6.07, 6.45) is 0. The van der Waals surface area contributed by atoms with Gasteiger partial charge in [-0.25, -0.2) is 15.0 Å². The highest BCUT2D eigenvalue weighted by atomic mass is 32.1. The van der Waals surface area contributed by atoms with Gasteiger partial charge in [0.15, 0.2) is 17.5 Å². The van der Waals surface area contributed by atoms with Crippen molar-refractivity contribution in [3.8, 4) is 51.0 Å². The molecule has 0 N–H and O–H groups in total. The van der Waals surface area contributed by atoms with E-state index in [1.54, 1.807) is 0 Å². The summed E-state index contributed by atoms with van der Waals surface area (Å²) in [7, 11) is 0. The van der Waals surface area contributed by atoms with Crippen molar-refractivity contribution in [3.63, 3.8) is 0 Å². The Hall–Kier alpha value is -8.39.